The SMILES string of the molecule is COc1ccc(OC)c(-c2nn(-c3ccccc3)cc2C(=O)N(C)Cc2cccnc2)c1. The Balaban J connectivity index is 1.81. The van der Waals surface area contributed by atoms with Crippen LogP contribution in [0.1, 0.15) is 15.9 Å². The largest absolute Gasteiger partial charge is 0.497 e. The van der Waals surface area contributed by atoms with Gasteiger partial charge in [-0.25, -0.2) is 4.68 Å². The van der Waals surface area contributed by atoms with Gasteiger partial charge in [0.15, 0.2) is 0 Å². The second-order valence-electron chi connectivity index (χ2n) is 7.26. The number of amides is 1. The fourth-order valence-electron chi connectivity index (χ4n) is 3.48. The van der Waals surface area contributed by atoms with Crippen molar-refractivity contribution in [2.75, 3.05) is 21.3 Å². The molecule has 0 aliphatic heterocycles. The van der Waals surface area contributed by atoms with Gasteiger partial charge in [-0.3, -0.25) is 9.78 Å². The van der Waals surface area contributed by atoms with Gasteiger partial charge in [0.1, 0.15) is 17.2 Å². The van der Waals surface area contributed by atoms with Crippen molar-refractivity contribution in [3.8, 4) is 28.4 Å². The van der Waals surface area contributed by atoms with Crippen molar-refractivity contribution in [1.82, 2.24) is 19.7 Å². The summed E-state index contributed by atoms with van der Waals surface area (Å²) in [4.78, 5) is 19.3. The molecule has 32 heavy (non-hydrogen) atoms. The summed E-state index contributed by atoms with van der Waals surface area (Å²) in [6.07, 6.45) is 5.22. The Morgan fingerprint density at radius 1 is 1.03 bits per heavy atom. The molecule has 0 saturated heterocycles. The van der Waals surface area contributed by atoms with Crippen LogP contribution >= 0.6 is 0 Å². The van der Waals surface area contributed by atoms with Crippen molar-refractivity contribution in [2.24, 2.45) is 0 Å². The number of ether oxygens (including phenoxy) is 2. The Morgan fingerprint density at radius 3 is 2.53 bits per heavy atom. The fraction of sp³-hybridized carbons (Fsp3) is 0.160. The molecule has 0 aliphatic rings. The topological polar surface area (TPSA) is 69.5 Å². The van der Waals surface area contributed by atoms with Gasteiger partial charge < -0.3 is 14.4 Å². The highest BCUT2D eigenvalue weighted by molar-refractivity contribution is 6.00. The maximum Gasteiger partial charge on any atom is 0.257 e. The predicted molar refractivity (Wildman–Crippen MR) is 122 cm³/mol. The molecule has 1 amide bonds. The molecule has 4 aromatic rings. The smallest absolute Gasteiger partial charge is 0.257 e. The van der Waals surface area contributed by atoms with Gasteiger partial charge in [-0.15, -0.1) is 0 Å². The molecule has 162 valence electrons. The lowest BCUT2D eigenvalue weighted by atomic mass is 10.1. The summed E-state index contributed by atoms with van der Waals surface area (Å²) in [6, 6.07) is 18.9. The summed E-state index contributed by atoms with van der Waals surface area (Å²) >= 11 is 0. The van der Waals surface area contributed by atoms with Crippen LogP contribution in [0.2, 0.25) is 0 Å². The van der Waals surface area contributed by atoms with Gasteiger partial charge in [0.2, 0.25) is 0 Å². The number of methoxy groups -OCH3 is 2. The van der Waals surface area contributed by atoms with E-state index in [0.717, 1.165) is 11.3 Å². The van der Waals surface area contributed by atoms with Crippen LogP contribution in [-0.4, -0.2) is 46.8 Å². The van der Waals surface area contributed by atoms with E-state index in [-0.39, 0.29) is 5.91 Å². The van der Waals surface area contributed by atoms with Crippen LogP contribution in [0.25, 0.3) is 16.9 Å². The van der Waals surface area contributed by atoms with Gasteiger partial charge in [0.25, 0.3) is 5.91 Å². The number of hydrogen-bond donors (Lipinski definition) is 0. The number of aromatic nitrogens is 3. The molecule has 4 rings (SSSR count). The lowest BCUT2D eigenvalue weighted by Gasteiger charge is -2.17. The lowest BCUT2D eigenvalue weighted by Crippen LogP contribution is -2.26. The molecule has 0 radical (unpaired) electrons. The third-order valence-electron chi connectivity index (χ3n) is 5.12. The van der Waals surface area contributed by atoms with Crippen LogP contribution in [0.3, 0.4) is 0 Å². The third-order valence-corrected chi connectivity index (χ3v) is 5.12. The summed E-state index contributed by atoms with van der Waals surface area (Å²) in [5.74, 6) is 1.10. The van der Waals surface area contributed by atoms with E-state index >= 15 is 0 Å². The number of pyridine rings is 1. The highest BCUT2D eigenvalue weighted by Gasteiger charge is 2.24. The first kappa shape index (κ1) is 21.1. The summed E-state index contributed by atoms with van der Waals surface area (Å²) in [5.41, 5.74) is 3.46. The molecule has 0 N–H and O–H groups in total. The van der Waals surface area contributed by atoms with Crippen molar-refractivity contribution in [1.29, 1.82) is 0 Å². The van der Waals surface area contributed by atoms with Crippen molar-refractivity contribution < 1.29 is 14.3 Å². The van der Waals surface area contributed by atoms with Gasteiger partial charge in [0.05, 0.1) is 25.5 Å². The number of carbonyl (C=O) groups is 1. The number of nitrogens with zero attached hydrogens (tertiary/aromatic N) is 4. The molecule has 0 aliphatic carbocycles. The van der Waals surface area contributed by atoms with E-state index in [4.69, 9.17) is 14.6 Å². The Labute approximate surface area is 186 Å². The van der Waals surface area contributed by atoms with Crippen LogP contribution in [0.4, 0.5) is 0 Å². The highest BCUT2D eigenvalue weighted by Crippen LogP contribution is 2.35. The first-order valence-electron chi connectivity index (χ1n) is 10.1. The van der Waals surface area contributed by atoms with E-state index in [1.54, 1.807) is 49.4 Å². The minimum Gasteiger partial charge on any atom is -0.497 e. The van der Waals surface area contributed by atoms with Crippen molar-refractivity contribution in [2.45, 2.75) is 6.54 Å². The number of hydrogen-bond acceptors (Lipinski definition) is 5. The first-order chi connectivity index (χ1) is 15.6. The van der Waals surface area contributed by atoms with E-state index in [2.05, 4.69) is 4.98 Å². The molecule has 2 aromatic heterocycles. The summed E-state index contributed by atoms with van der Waals surface area (Å²) in [5, 5.41) is 4.77. The minimum atomic E-state index is -0.157. The number of benzene rings is 2. The van der Waals surface area contributed by atoms with Gasteiger partial charge in [-0.2, -0.15) is 5.10 Å². The Hall–Kier alpha value is -4.13. The van der Waals surface area contributed by atoms with E-state index in [0.29, 0.717) is 34.9 Å². The van der Waals surface area contributed by atoms with E-state index < -0.39 is 0 Å². The highest BCUT2D eigenvalue weighted by atomic mass is 16.5. The number of carbonyl (C=O) groups excluding carboxylic acids is 1. The van der Waals surface area contributed by atoms with E-state index in [9.17, 15) is 4.79 Å². The average Bonchev–Trinajstić information content (AvgIpc) is 3.29. The molecule has 0 fully saturated rings. The second-order valence-corrected chi connectivity index (χ2v) is 7.26. The summed E-state index contributed by atoms with van der Waals surface area (Å²) < 4.78 is 12.7. The molecule has 0 atom stereocenters. The van der Waals surface area contributed by atoms with Crippen LogP contribution in [0.5, 0.6) is 11.5 Å². The molecular formula is C25H24N4O3. The zero-order valence-electron chi connectivity index (χ0n) is 18.2. The maximum atomic E-state index is 13.5. The second kappa shape index (κ2) is 9.34. The number of rotatable bonds is 7. The Kier molecular flexibility index (Phi) is 6.17. The molecule has 2 aromatic carbocycles. The maximum absolute atomic E-state index is 13.5. The zero-order chi connectivity index (χ0) is 22.5. The molecule has 2 heterocycles. The summed E-state index contributed by atoms with van der Waals surface area (Å²) in [7, 11) is 4.96. The monoisotopic (exact) mass is 428 g/mol. The molecule has 0 bridgehead atoms. The summed E-state index contributed by atoms with van der Waals surface area (Å²) in [6.45, 7) is 0.428. The van der Waals surface area contributed by atoms with Crippen LogP contribution in [-0.2, 0) is 6.54 Å². The Bertz CT molecular complexity index is 1210. The average molecular weight is 428 g/mol. The molecule has 0 saturated carbocycles. The Morgan fingerprint density at radius 2 is 1.84 bits per heavy atom. The zero-order valence-corrected chi connectivity index (χ0v) is 18.2. The normalized spacial score (nSPS) is 10.6. The molecule has 7 nitrogen and oxygen atoms in total. The molecule has 0 unspecified atom stereocenters. The third kappa shape index (κ3) is 4.32. The van der Waals surface area contributed by atoms with Gasteiger partial charge in [-0.1, -0.05) is 24.3 Å². The standard InChI is InChI=1S/C25H24N4O3/c1-28(16-18-8-7-13-26-15-18)25(30)22-17-29(19-9-5-4-6-10-19)27-24(22)21-14-20(31-2)11-12-23(21)32-3/h4-15,17H,16H2,1-3H3. The molecule has 7 heteroatoms. The fourth-order valence-corrected chi connectivity index (χ4v) is 3.48. The quantitative estimate of drug-likeness (QED) is 0.441. The van der Waals surface area contributed by atoms with Crippen molar-refractivity contribution in [3.63, 3.8) is 0 Å². The van der Waals surface area contributed by atoms with Crippen LogP contribution in [0.15, 0.2) is 79.3 Å². The van der Waals surface area contributed by atoms with Crippen LogP contribution in [0, 0.1) is 0 Å². The van der Waals surface area contributed by atoms with Crippen molar-refractivity contribution in [3.05, 3.63) is 90.4 Å². The van der Waals surface area contributed by atoms with E-state index in [1.807, 2.05) is 60.7 Å². The van der Waals surface area contributed by atoms with E-state index in [1.165, 1.54) is 0 Å². The minimum absolute atomic E-state index is 0.157. The molecule has 0 spiro atoms. The van der Waals surface area contributed by atoms with Gasteiger partial charge in [0, 0.05) is 37.7 Å². The number of para-hydroxylation sites is 1. The van der Waals surface area contributed by atoms with Crippen molar-refractivity contribution >= 4 is 5.91 Å². The lowest BCUT2D eigenvalue weighted by molar-refractivity contribution is 0.0785. The predicted octanol–water partition coefficient (Wildman–Crippen LogP) is 4.22. The van der Waals surface area contributed by atoms with Gasteiger partial charge in [-0.05, 0) is 42.0 Å². The van der Waals surface area contributed by atoms with Gasteiger partial charge >= 0.3 is 0 Å². The first-order valence-corrected chi connectivity index (χ1v) is 10.1. The van der Waals surface area contributed by atoms with Crippen LogP contribution < -0.4 is 9.47 Å². The molecular weight excluding hydrogens is 404 g/mol.